The Morgan fingerprint density at radius 2 is 2.15 bits per heavy atom. The van der Waals surface area contributed by atoms with E-state index in [-0.39, 0.29) is 0 Å². The van der Waals surface area contributed by atoms with Crippen LogP contribution in [0.2, 0.25) is 0 Å². The molecule has 1 heterocycles. The molecule has 0 saturated heterocycles. The van der Waals surface area contributed by atoms with E-state index in [4.69, 9.17) is 5.73 Å². The second-order valence-electron chi connectivity index (χ2n) is 2.61. The highest BCUT2D eigenvalue weighted by Crippen LogP contribution is 2.29. The molecule has 0 bridgehead atoms. The predicted molar refractivity (Wildman–Crippen MR) is 42.9 cm³/mol. The van der Waals surface area contributed by atoms with Gasteiger partial charge in [0.1, 0.15) is 5.69 Å². The lowest BCUT2D eigenvalue weighted by atomic mass is 10.1. The molecule has 1 rings (SSSR count). The van der Waals surface area contributed by atoms with E-state index in [2.05, 4.69) is 11.6 Å². The van der Waals surface area contributed by atoms with E-state index in [0.29, 0.717) is 5.56 Å². The van der Waals surface area contributed by atoms with Crippen LogP contribution in [0, 0.1) is 0 Å². The van der Waals surface area contributed by atoms with E-state index >= 15 is 0 Å². The van der Waals surface area contributed by atoms with Gasteiger partial charge in [0, 0.05) is 12.2 Å². The van der Waals surface area contributed by atoms with Crippen molar-refractivity contribution in [2.45, 2.75) is 12.2 Å². The quantitative estimate of drug-likeness (QED) is 0.690. The summed E-state index contributed by atoms with van der Waals surface area (Å²) in [5, 5.41) is 0. The fourth-order valence-corrected chi connectivity index (χ4v) is 0.903. The summed E-state index contributed by atoms with van der Waals surface area (Å²) in [6.45, 7) is 3.39. The minimum Gasteiger partial charge on any atom is -0.357 e. The van der Waals surface area contributed by atoms with Crippen molar-refractivity contribution in [3.05, 3.63) is 36.2 Å². The van der Waals surface area contributed by atoms with Crippen LogP contribution in [0.3, 0.4) is 0 Å². The Bertz CT molecular complexity index is 301. The van der Waals surface area contributed by atoms with Crippen molar-refractivity contribution >= 4 is 0 Å². The van der Waals surface area contributed by atoms with Gasteiger partial charge in [0.25, 0.3) is 0 Å². The minimum atomic E-state index is -4.35. The Morgan fingerprint density at radius 3 is 2.54 bits per heavy atom. The lowest BCUT2D eigenvalue weighted by Gasteiger charge is -2.02. The molecule has 0 aliphatic heterocycles. The van der Waals surface area contributed by atoms with Crippen molar-refractivity contribution in [2.24, 2.45) is 5.73 Å². The summed E-state index contributed by atoms with van der Waals surface area (Å²) in [4.78, 5) is 2.11. The molecule has 0 fully saturated rings. The average molecular weight is 190 g/mol. The molecule has 13 heavy (non-hydrogen) atoms. The van der Waals surface area contributed by atoms with Gasteiger partial charge < -0.3 is 10.7 Å². The van der Waals surface area contributed by atoms with Crippen molar-refractivity contribution in [3.63, 3.8) is 0 Å². The Morgan fingerprint density at radius 1 is 1.54 bits per heavy atom. The fraction of sp³-hybridized carbons (Fsp3) is 0.250. The number of hydrogen-bond acceptors (Lipinski definition) is 1. The monoisotopic (exact) mass is 190 g/mol. The second kappa shape index (κ2) is 3.26. The molecule has 0 radical (unpaired) electrons. The molecule has 0 aliphatic rings. The van der Waals surface area contributed by atoms with Crippen molar-refractivity contribution in [3.8, 4) is 0 Å². The standard InChI is InChI=1S/C8H9F3N2/c1-2-6(12)5-3-7(13-4-5)8(9,10)11/h2-4,6,13H,1,12H2/t6-/m1/s1. The SMILES string of the molecule is C=C[C@@H](N)c1c[nH]c(C(F)(F)F)c1. The maximum atomic E-state index is 12.1. The number of hydrogen-bond donors (Lipinski definition) is 2. The highest BCUT2D eigenvalue weighted by Gasteiger charge is 2.32. The number of rotatable bonds is 2. The number of aromatic amines is 1. The molecule has 0 spiro atoms. The van der Waals surface area contributed by atoms with Crippen LogP contribution in [0.5, 0.6) is 0 Å². The molecular weight excluding hydrogens is 181 g/mol. The molecule has 5 heteroatoms. The maximum Gasteiger partial charge on any atom is 0.431 e. The molecule has 2 nitrogen and oxygen atoms in total. The molecule has 1 aromatic rings. The van der Waals surface area contributed by atoms with Gasteiger partial charge in [0.15, 0.2) is 0 Å². The van der Waals surface area contributed by atoms with E-state index in [1.807, 2.05) is 0 Å². The summed E-state index contributed by atoms with van der Waals surface area (Å²) >= 11 is 0. The van der Waals surface area contributed by atoms with Crippen molar-refractivity contribution in [1.29, 1.82) is 0 Å². The van der Waals surface area contributed by atoms with Crippen molar-refractivity contribution < 1.29 is 13.2 Å². The first-order valence-corrected chi connectivity index (χ1v) is 3.59. The lowest BCUT2D eigenvalue weighted by Crippen LogP contribution is -2.06. The van der Waals surface area contributed by atoms with Gasteiger partial charge in [0.2, 0.25) is 0 Å². The van der Waals surface area contributed by atoms with E-state index in [0.717, 1.165) is 6.07 Å². The van der Waals surface area contributed by atoms with Gasteiger partial charge in [-0.3, -0.25) is 0 Å². The Hall–Kier alpha value is -1.23. The summed E-state index contributed by atoms with van der Waals surface area (Å²) in [6, 6.07) is 0.416. The molecular formula is C8H9F3N2. The molecule has 72 valence electrons. The van der Waals surface area contributed by atoms with Gasteiger partial charge in [-0.2, -0.15) is 13.2 Å². The summed E-state index contributed by atoms with van der Waals surface area (Å²) in [5.41, 5.74) is 5.03. The van der Waals surface area contributed by atoms with E-state index in [1.54, 1.807) is 0 Å². The smallest absolute Gasteiger partial charge is 0.357 e. The number of nitrogens with one attached hydrogen (secondary N) is 1. The van der Waals surface area contributed by atoms with Gasteiger partial charge in [-0.05, 0) is 11.6 Å². The fourth-order valence-electron chi connectivity index (χ4n) is 0.903. The van der Waals surface area contributed by atoms with Gasteiger partial charge in [-0.25, -0.2) is 0 Å². The topological polar surface area (TPSA) is 41.8 Å². The zero-order valence-corrected chi connectivity index (χ0v) is 6.73. The van der Waals surface area contributed by atoms with Crippen LogP contribution in [0.1, 0.15) is 17.3 Å². The number of aromatic nitrogens is 1. The predicted octanol–water partition coefficient (Wildman–Crippen LogP) is 2.22. The lowest BCUT2D eigenvalue weighted by molar-refractivity contribution is -0.140. The first-order valence-electron chi connectivity index (χ1n) is 3.59. The Balaban J connectivity index is 2.93. The number of alkyl halides is 3. The number of nitrogens with two attached hydrogens (primary N) is 1. The largest absolute Gasteiger partial charge is 0.431 e. The summed E-state index contributed by atoms with van der Waals surface area (Å²) in [7, 11) is 0. The van der Waals surface area contributed by atoms with Gasteiger partial charge in [-0.15, -0.1) is 6.58 Å². The van der Waals surface area contributed by atoms with Crippen LogP contribution in [-0.2, 0) is 6.18 Å². The highest BCUT2D eigenvalue weighted by atomic mass is 19.4. The Kier molecular flexibility index (Phi) is 2.47. The first-order chi connectivity index (χ1) is 5.95. The van der Waals surface area contributed by atoms with Crippen molar-refractivity contribution in [2.75, 3.05) is 0 Å². The van der Waals surface area contributed by atoms with Crippen LogP contribution in [0.25, 0.3) is 0 Å². The van der Waals surface area contributed by atoms with Crippen LogP contribution < -0.4 is 5.73 Å². The number of H-pyrrole nitrogens is 1. The molecule has 3 N–H and O–H groups in total. The zero-order chi connectivity index (χ0) is 10.1. The number of halogens is 3. The van der Waals surface area contributed by atoms with Gasteiger partial charge >= 0.3 is 6.18 Å². The second-order valence-corrected chi connectivity index (χ2v) is 2.61. The van der Waals surface area contributed by atoms with Crippen LogP contribution in [-0.4, -0.2) is 4.98 Å². The Labute approximate surface area is 73.2 Å². The maximum absolute atomic E-state index is 12.1. The third kappa shape index (κ3) is 2.12. The van der Waals surface area contributed by atoms with Crippen molar-refractivity contribution in [1.82, 2.24) is 4.98 Å². The van der Waals surface area contributed by atoms with Crippen LogP contribution in [0.15, 0.2) is 24.9 Å². The molecule has 0 saturated carbocycles. The summed E-state index contributed by atoms with van der Waals surface area (Å²) in [5.74, 6) is 0. The normalized spacial score (nSPS) is 14.2. The molecule has 1 atom stereocenters. The first kappa shape index (κ1) is 9.85. The molecule has 0 aromatic carbocycles. The molecule has 0 amide bonds. The molecule has 0 aliphatic carbocycles. The minimum absolute atomic E-state index is 0.377. The third-order valence-corrected chi connectivity index (χ3v) is 1.65. The van der Waals surface area contributed by atoms with Crippen LogP contribution in [0.4, 0.5) is 13.2 Å². The van der Waals surface area contributed by atoms with Gasteiger partial charge in [-0.1, -0.05) is 6.08 Å². The summed E-state index contributed by atoms with van der Waals surface area (Å²) in [6.07, 6.45) is -1.74. The third-order valence-electron chi connectivity index (χ3n) is 1.65. The zero-order valence-electron chi connectivity index (χ0n) is 6.73. The van der Waals surface area contributed by atoms with Crippen LogP contribution >= 0.6 is 0 Å². The summed E-state index contributed by atoms with van der Waals surface area (Å²) < 4.78 is 36.2. The van der Waals surface area contributed by atoms with E-state index in [9.17, 15) is 13.2 Å². The highest BCUT2D eigenvalue weighted by molar-refractivity contribution is 5.24. The van der Waals surface area contributed by atoms with E-state index < -0.39 is 17.9 Å². The molecule has 1 aromatic heterocycles. The molecule has 0 unspecified atom stereocenters. The van der Waals surface area contributed by atoms with Gasteiger partial charge in [0.05, 0.1) is 0 Å². The average Bonchev–Trinajstić information content (AvgIpc) is 2.50. The van der Waals surface area contributed by atoms with E-state index in [1.165, 1.54) is 12.3 Å².